The predicted octanol–water partition coefficient (Wildman–Crippen LogP) is 6.06. The fourth-order valence-corrected chi connectivity index (χ4v) is 1.37. The molecule has 0 saturated carbocycles. The Hall–Kier alpha value is -3.24. The van der Waals surface area contributed by atoms with E-state index < -0.39 is 11.9 Å². The number of aliphatic carboxylic acids is 2. The number of primary amides is 2. The number of hydrogen-bond acceptors (Lipinski definition) is 14. The number of nitrogens with zero attached hydrogens (tertiary/aromatic N) is 4. The second kappa shape index (κ2) is 76.5. The molecule has 2 amide bonds. The summed E-state index contributed by atoms with van der Waals surface area (Å²) in [7, 11) is 0. The van der Waals surface area contributed by atoms with Crippen molar-refractivity contribution in [2.45, 2.75) is 148 Å². The number of nitrogens with one attached hydrogen (secondary N) is 1. The van der Waals surface area contributed by atoms with E-state index >= 15 is 0 Å². The van der Waals surface area contributed by atoms with Crippen LogP contribution in [0.15, 0.2) is 17.2 Å². The first-order valence-corrected chi connectivity index (χ1v) is 19.6. The molecule has 8 N–H and O–H groups in total. The van der Waals surface area contributed by atoms with Crippen molar-refractivity contribution in [1.82, 2.24) is 0 Å². The molecule has 7 unspecified atom stereocenters. The van der Waals surface area contributed by atoms with Crippen LogP contribution in [0.25, 0.3) is 0 Å². The van der Waals surface area contributed by atoms with E-state index in [1.165, 1.54) is 6.40 Å². The first kappa shape index (κ1) is 84.3. The zero-order valence-corrected chi connectivity index (χ0v) is 43.9. The molecule has 19 heteroatoms. The van der Waals surface area contributed by atoms with E-state index in [2.05, 4.69) is 59.4 Å². The zero-order chi connectivity index (χ0) is 49.5. The van der Waals surface area contributed by atoms with E-state index in [0.29, 0.717) is 6.42 Å². The van der Waals surface area contributed by atoms with Gasteiger partial charge in [0.05, 0.1) is 54.8 Å². The SMILES string of the molecule is C=CCC#N.CCC(C)C#N.CCC(C)C#N.CCC(C)C(=O)O.CCC(C)C(=O)O.CCC(C)C(=O)ON=S.CCC(C)C(N)=O.CCC(C)C(N)=O.N=S.[2H]C#C.[K+].[OH-]. The Bertz CT molecular complexity index is 1110. The second-order valence-electron chi connectivity index (χ2n) is 12.0. The normalized spacial score (nSPS) is 11.3. The molecule has 0 bridgehead atoms. The van der Waals surface area contributed by atoms with Gasteiger partial charge in [-0.05, 0) is 63.3 Å². The van der Waals surface area contributed by atoms with Gasteiger partial charge in [-0.25, -0.2) is 9.57 Å². The second-order valence-corrected chi connectivity index (χ2v) is 12.2. The molecular formula is C41H78KN7O9S2. The topological polar surface area (TPSA) is 325 Å². The smallest absolute Gasteiger partial charge is 0.870 e. The monoisotopic (exact) mass is 917 g/mol. The van der Waals surface area contributed by atoms with Crippen LogP contribution in [0.2, 0.25) is 0 Å². The molecule has 0 heterocycles. The molecule has 0 aliphatic rings. The molecule has 0 saturated heterocycles. The minimum atomic E-state index is -0.706. The summed E-state index contributed by atoms with van der Waals surface area (Å²) < 4.78 is 13.9. The van der Waals surface area contributed by atoms with Gasteiger partial charge in [0, 0.05) is 36.1 Å². The number of carbonyl (C=O) groups excluding carboxylic acids is 3. The quantitative estimate of drug-likeness (QED) is 0.0572. The van der Waals surface area contributed by atoms with Crippen LogP contribution in [-0.4, -0.2) is 45.4 Å². The number of allylic oxidation sites excluding steroid dienone is 1. The molecule has 0 radical (unpaired) electrons. The molecule has 0 aromatic carbocycles. The molecule has 0 aromatic rings. The first-order chi connectivity index (χ1) is 27.4. The Morgan fingerprint density at radius 1 is 0.717 bits per heavy atom. The number of nitriles is 3. The Labute approximate surface area is 418 Å². The van der Waals surface area contributed by atoms with Crippen LogP contribution >= 0.6 is 0 Å². The van der Waals surface area contributed by atoms with E-state index in [9.17, 15) is 24.0 Å². The Morgan fingerprint density at radius 3 is 1.02 bits per heavy atom. The van der Waals surface area contributed by atoms with Crippen LogP contribution in [0.3, 0.4) is 0 Å². The van der Waals surface area contributed by atoms with Crippen molar-refractivity contribution in [2.75, 3.05) is 0 Å². The summed E-state index contributed by atoms with van der Waals surface area (Å²) in [6.45, 7) is 29.5. The molecule has 16 nitrogen and oxygen atoms in total. The average Bonchev–Trinajstić information content (AvgIpc) is 3.24. The molecule has 344 valence electrons. The van der Waals surface area contributed by atoms with Crippen LogP contribution in [0.4, 0.5) is 0 Å². The molecule has 0 aromatic heterocycles. The van der Waals surface area contributed by atoms with Gasteiger partial charge in [-0.3, -0.25) is 19.2 Å². The third-order valence-corrected chi connectivity index (χ3v) is 7.38. The third-order valence-electron chi connectivity index (χ3n) is 7.31. The van der Waals surface area contributed by atoms with Crippen LogP contribution in [0.1, 0.15) is 150 Å². The number of amides is 2. The van der Waals surface area contributed by atoms with Crippen LogP contribution in [0, 0.1) is 93.0 Å². The number of rotatable bonds is 14. The standard InChI is InChI=1S/C5H9NO2S.2C5H11NO.2C5H9N.2C5H10O2.C4H5N.C2H2.K.HNS.H2O/c1-3-4(2)5(7)8-6-9;2*1-3-4(2)5(6)7;2*1-3-5(2)4-6;2*1-3-4(2)5(6)7;1-2-3-4-5;1-2;;1-2;/h4H,3H2,1-2H3;2*4H,3H2,1-2H3,(H2,6,7);2*5H,3H2,1-2H3;2*4H,3H2,1-2H3,(H,6,7);2H,1,3H2;1-2H;;1H;1H2/q;;;;;;;;;+1;;/p-1/i;;;;;;;;1D;;;. The fourth-order valence-electron chi connectivity index (χ4n) is 1.29. The van der Waals surface area contributed by atoms with Gasteiger partial charge in [0.15, 0.2) is 0 Å². The van der Waals surface area contributed by atoms with Gasteiger partial charge >= 0.3 is 69.3 Å². The van der Waals surface area contributed by atoms with Crippen molar-refractivity contribution in [3.8, 4) is 31.0 Å². The molecule has 0 fully saturated rings. The first-order valence-electron chi connectivity index (χ1n) is 19.3. The van der Waals surface area contributed by atoms with E-state index in [1.54, 1.807) is 26.8 Å². The summed E-state index contributed by atoms with van der Waals surface area (Å²) in [5.74, 6) is -2.07. The van der Waals surface area contributed by atoms with E-state index in [4.69, 9.17) is 43.6 Å². The molecule has 0 rings (SSSR count). The van der Waals surface area contributed by atoms with Crippen molar-refractivity contribution in [3.05, 3.63) is 12.7 Å². The van der Waals surface area contributed by atoms with Crippen molar-refractivity contribution >= 4 is 54.6 Å². The maximum atomic E-state index is 10.6. The number of carboxylic acid groups (broad SMARTS) is 2. The van der Waals surface area contributed by atoms with Gasteiger partial charge in [-0.15, -0.1) is 19.4 Å². The largest absolute Gasteiger partial charge is 1.00 e. The van der Waals surface area contributed by atoms with Gasteiger partial charge in [0.25, 0.3) is 0 Å². The van der Waals surface area contributed by atoms with Crippen molar-refractivity contribution in [1.29, 1.82) is 20.6 Å². The number of terminal acetylenes is 1. The average molecular weight is 917 g/mol. The van der Waals surface area contributed by atoms with Gasteiger partial charge in [-0.1, -0.05) is 89.2 Å². The van der Waals surface area contributed by atoms with Crippen molar-refractivity contribution < 1.29 is 97.3 Å². The predicted molar refractivity (Wildman–Crippen MR) is 239 cm³/mol. The molecule has 0 aliphatic heterocycles. The van der Waals surface area contributed by atoms with Gasteiger partial charge < -0.3 is 32.0 Å². The van der Waals surface area contributed by atoms with Gasteiger partial charge in [0.2, 0.25) is 11.8 Å². The van der Waals surface area contributed by atoms with E-state index in [0.717, 1.165) is 44.9 Å². The number of carbonyl (C=O) groups is 5. The number of carboxylic acids is 2. The summed E-state index contributed by atoms with van der Waals surface area (Å²) in [4.78, 5) is 55.0. The maximum Gasteiger partial charge on any atom is 1.00 e. The molecule has 7 atom stereocenters. The summed E-state index contributed by atoms with van der Waals surface area (Å²) in [5, 5.41) is 40.3. The molecule has 0 aliphatic carbocycles. The fraction of sp³-hybridized carbons (Fsp3) is 0.707. The Morgan fingerprint density at radius 2 is 0.967 bits per heavy atom. The van der Waals surface area contributed by atoms with Crippen molar-refractivity contribution in [3.63, 3.8) is 0 Å². The molecular weight excluding hydrogens is 838 g/mol. The van der Waals surface area contributed by atoms with Gasteiger partial charge in [0.1, 0.15) is 1.37 Å². The minimum absolute atomic E-state index is 0. The van der Waals surface area contributed by atoms with E-state index in [1.807, 2.05) is 82.2 Å². The van der Waals surface area contributed by atoms with Crippen molar-refractivity contribution in [2.24, 2.45) is 57.4 Å². The number of hydrogen-bond donors (Lipinski definition) is 5. The summed E-state index contributed by atoms with van der Waals surface area (Å²) in [6.07, 6.45) is 13.6. The van der Waals surface area contributed by atoms with Crippen LogP contribution in [-0.2, 0) is 53.7 Å². The molecule has 0 spiro atoms. The Kier molecular flexibility index (Phi) is 107. The summed E-state index contributed by atoms with van der Waals surface area (Å²) >= 11 is 7.41. The molecule has 60 heavy (non-hydrogen) atoms. The van der Waals surface area contributed by atoms with Gasteiger partial charge in [-0.2, -0.15) is 15.8 Å². The minimum Gasteiger partial charge on any atom is -0.870 e. The third kappa shape index (κ3) is 100. The summed E-state index contributed by atoms with van der Waals surface area (Å²) in [6, 6.07) is 6.13. The maximum absolute atomic E-state index is 10.6. The summed E-state index contributed by atoms with van der Waals surface area (Å²) in [5.41, 5.74) is 9.82. The van der Waals surface area contributed by atoms with E-state index in [-0.39, 0.29) is 116 Å². The zero-order valence-electron chi connectivity index (χ0n) is 40.1. The Balaban J connectivity index is -0.0000000442. The number of nitrogens with two attached hydrogens (primary N) is 2. The van der Waals surface area contributed by atoms with Crippen LogP contribution < -0.4 is 62.9 Å². The van der Waals surface area contributed by atoms with Crippen LogP contribution in [0.5, 0.6) is 0 Å².